The highest BCUT2D eigenvalue weighted by atomic mass is 19.1. The SMILES string of the molecule is COc1cc(-c2cc(F)ccc2C=O)c(F)cn1. The van der Waals surface area contributed by atoms with Crippen LogP contribution >= 0.6 is 0 Å². The highest BCUT2D eigenvalue weighted by Crippen LogP contribution is 2.28. The fourth-order valence-corrected chi connectivity index (χ4v) is 1.60. The van der Waals surface area contributed by atoms with Crippen LogP contribution in [0.2, 0.25) is 0 Å². The van der Waals surface area contributed by atoms with Crippen molar-refractivity contribution in [3.05, 3.63) is 47.7 Å². The number of ether oxygens (including phenoxy) is 1. The van der Waals surface area contributed by atoms with Crippen LogP contribution in [-0.4, -0.2) is 18.4 Å². The molecule has 0 aliphatic rings. The number of aldehydes is 1. The van der Waals surface area contributed by atoms with E-state index >= 15 is 0 Å². The lowest BCUT2D eigenvalue weighted by Gasteiger charge is -2.08. The minimum Gasteiger partial charge on any atom is -0.481 e. The molecule has 3 nitrogen and oxygen atoms in total. The predicted molar refractivity (Wildman–Crippen MR) is 61.5 cm³/mol. The molecule has 0 aliphatic heterocycles. The van der Waals surface area contributed by atoms with Gasteiger partial charge in [-0.05, 0) is 23.8 Å². The largest absolute Gasteiger partial charge is 0.481 e. The number of hydrogen-bond donors (Lipinski definition) is 0. The van der Waals surface area contributed by atoms with Gasteiger partial charge in [-0.25, -0.2) is 13.8 Å². The summed E-state index contributed by atoms with van der Waals surface area (Å²) in [5.74, 6) is -1.01. The molecule has 0 bridgehead atoms. The maximum Gasteiger partial charge on any atom is 0.213 e. The molecule has 2 rings (SSSR count). The number of methoxy groups -OCH3 is 1. The third kappa shape index (κ3) is 2.20. The Bertz CT molecular complexity index is 600. The molecule has 0 atom stereocenters. The summed E-state index contributed by atoms with van der Waals surface area (Å²) in [5, 5.41) is 0. The molecule has 1 heterocycles. The highest BCUT2D eigenvalue weighted by Gasteiger charge is 2.12. The zero-order valence-electron chi connectivity index (χ0n) is 9.48. The van der Waals surface area contributed by atoms with Crippen molar-refractivity contribution in [2.75, 3.05) is 7.11 Å². The Morgan fingerprint density at radius 1 is 1.22 bits per heavy atom. The molecule has 92 valence electrons. The number of rotatable bonds is 3. The first-order chi connectivity index (χ1) is 8.65. The van der Waals surface area contributed by atoms with Gasteiger partial charge in [0.2, 0.25) is 5.88 Å². The van der Waals surface area contributed by atoms with Crippen molar-refractivity contribution in [3.63, 3.8) is 0 Å². The van der Waals surface area contributed by atoms with Crippen molar-refractivity contribution in [2.24, 2.45) is 0 Å². The minimum atomic E-state index is -0.649. The zero-order valence-corrected chi connectivity index (χ0v) is 9.48. The van der Waals surface area contributed by atoms with Gasteiger partial charge in [0.25, 0.3) is 0 Å². The number of halogens is 2. The van der Waals surface area contributed by atoms with Gasteiger partial charge in [0, 0.05) is 17.2 Å². The molecule has 0 fully saturated rings. The van der Waals surface area contributed by atoms with E-state index in [-0.39, 0.29) is 22.6 Å². The Labute approximate surface area is 102 Å². The van der Waals surface area contributed by atoms with Crippen LogP contribution in [0.15, 0.2) is 30.5 Å². The van der Waals surface area contributed by atoms with E-state index in [9.17, 15) is 13.6 Å². The van der Waals surface area contributed by atoms with Crippen LogP contribution in [0.5, 0.6) is 5.88 Å². The Morgan fingerprint density at radius 3 is 2.67 bits per heavy atom. The summed E-state index contributed by atoms with van der Waals surface area (Å²) in [6, 6.07) is 4.85. The van der Waals surface area contributed by atoms with Crippen LogP contribution in [0, 0.1) is 11.6 Å². The molecule has 0 amide bonds. The smallest absolute Gasteiger partial charge is 0.213 e. The normalized spacial score (nSPS) is 10.2. The fourth-order valence-electron chi connectivity index (χ4n) is 1.60. The van der Waals surface area contributed by atoms with Crippen LogP contribution < -0.4 is 4.74 Å². The molecule has 1 aromatic heterocycles. The van der Waals surface area contributed by atoms with E-state index in [2.05, 4.69) is 4.98 Å². The molecule has 0 saturated carbocycles. The first-order valence-electron chi connectivity index (χ1n) is 5.10. The van der Waals surface area contributed by atoms with Crippen LogP contribution in [0.3, 0.4) is 0 Å². The standard InChI is InChI=1S/C13H9F2NO2/c1-18-13-5-11(12(15)6-16-13)10-4-9(14)3-2-8(10)7-17/h2-7H,1H3. The van der Waals surface area contributed by atoms with Crippen molar-refractivity contribution in [1.29, 1.82) is 0 Å². The molecule has 0 aliphatic carbocycles. The van der Waals surface area contributed by atoms with Crippen molar-refractivity contribution in [2.45, 2.75) is 0 Å². The summed E-state index contributed by atoms with van der Waals surface area (Å²) in [5.41, 5.74) is 0.440. The van der Waals surface area contributed by atoms with Gasteiger partial charge in [-0.2, -0.15) is 0 Å². The van der Waals surface area contributed by atoms with Crippen molar-refractivity contribution in [3.8, 4) is 17.0 Å². The van der Waals surface area contributed by atoms with E-state index in [0.717, 1.165) is 18.3 Å². The highest BCUT2D eigenvalue weighted by molar-refractivity contribution is 5.87. The van der Waals surface area contributed by atoms with Gasteiger partial charge in [-0.1, -0.05) is 0 Å². The molecular weight excluding hydrogens is 240 g/mol. The third-order valence-corrected chi connectivity index (χ3v) is 2.47. The topological polar surface area (TPSA) is 39.2 Å². The van der Waals surface area contributed by atoms with Crippen molar-refractivity contribution < 1.29 is 18.3 Å². The van der Waals surface area contributed by atoms with Crippen molar-refractivity contribution >= 4 is 6.29 Å². The Hall–Kier alpha value is -2.30. The van der Waals surface area contributed by atoms with E-state index in [1.54, 1.807) is 0 Å². The minimum absolute atomic E-state index is 0.0726. The molecule has 2 aromatic rings. The second kappa shape index (κ2) is 4.91. The molecule has 0 unspecified atom stereocenters. The Kier molecular flexibility index (Phi) is 3.32. The monoisotopic (exact) mass is 249 g/mol. The molecule has 5 heteroatoms. The van der Waals surface area contributed by atoms with Gasteiger partial charge >= 0.3 is 0 Å². The van der Waals surface area contributed by atoms with Crippen molar-refractivity contribution in [1.82, 2.24) is 4.98 Å². The van der Waals surface area contributed by atoms with Gasteiger partial charge < -0.3 is 4.74 Å². The maximum absolute atomic E-state index is 13.7. The summed E-state index contributed by atoms with van der Waals surface area (Å²) in [4.78, 5) is 14.6. The average Bonchev–Trinajstić information content (AvgIpc) is 2.39. The van der Waals surface area contributed by atoms with E-state index < -0.39 is 11.6 Å². The number of carbonyl (C=O) groups excluding carboxylic acids is 1. The van der Waals surface area contributed by atoms with Gasteiger partial charge in [-0.15, -0.1) is 0 Å². The number of benzene rings is 1. The Morgan fingerprint density at radius 2 is 2.00 bits per heavy atom. The van der Waals surface area contributed by atoms with E-state index in [1.807, 2.05) is 0 Å². The number of carbonyl (C=O) groups is 1. The quantitative estimate of drug-likeness (QED) is 0.785. The molecule has 0 spiro atoms. The van der Waals surface area contributed by atoms with Gasteiger partial charge in [0.15, 0.2) is 6.29 Å². The number of aromatic nitrogens is 1. The lowest BCUT2D eigenvalue weighted by molar-refractivity contribution is 0.112. The number of pyridine rings is 1. The van der Waals surface area contributed by atoms with Gasteiger partial charge in [0.05, 0.1) is 13.3 Å². The molecule has 18 heavy (non-hydrogen) atoms. The van der Waals surface area contributed by atoms with E-state index in [4.69, 9.17) is 4.74 Å². The van der Waals surface area contributed by atoms with Crippen LogP contribution in [0.4, 0.5) is 8.78 Å². The third-order valence-electron chi connectivity index (χ3n) is 2.47. The predicted octanol–water partition coefficient (Wildman–Crippen LogP) is 2.85. The summed E-state index contributed by atoms with van der Waals surface area (Å²) in [7, 11) is 1.39. The molecule has 0 saturated heterocycles. The second-order valence-electron chi connectivity index (χ2n) is 3.56. The van der Waals surface area contributed by atoms with E-state index in [1.165, 1.54) is 19.2 Å². The Balaban J connectivity index is 2.67. The van der Waals surface area contributed by atoms with Crippen LogP contribution in [-0.2, 0) is 0 Å². The zero-order chi connectivity index (χ0) is 13.1. The van der Waals surface area contributed by atoms with Gasteiger partial charge in [-0.3, -0.25) is 4.79 Å². The van der Waals surface area contributed by atoms with Crippen LogP contribution in [0.25, 0.3) is 11.1 Å². The summed E-state index contributed by atoms with van der Waals surface area (Å²) in [6.45, 7) is 0. The fraction of sp³-hybridized carbons (Fsp3) is 0.0769. The molecule has 0 N–H and O–H groups in total. The van der Waals surface area contributed by atoms with E-state index in [0.29, 0.717) is 6.29 Å². The maximum atomic E-state index is 13.7. The number of nitrogens with zero attached hydrogens (tertiary/aromatic N) is 1. The first-order valence-corrected chi connectivity index (χ1v) is 5.10. The molecule has 0 radical (unpaired) electrons. The lowest BCUT2D eigenvalue weighted by Crippen LogP contribution is -1.95. The number of hydrogen-bond acceptors (Lipinski definition) is 3. The second-order valence-corrected chi connectivity index (χ2v) is 3.56. The molecular formula is C13H9F2NO2. The van der Waals surface area contributed by atoms with Gasteiger partial charge in [0.1, 0.15) is 11.6 Å². The summed E-state index contributed by atoms with van der Waals surface area (Å²) < 4.78 is 31.8. The summed E-state index contributed by atoms with van der Waals surface area (Å²) >= 11 is 0. The average molecular weight is 249 g/mol. The lowest BCUT2D eigenvalue weighted by atomic mass is 10.0. The molecule has 1 aromatic carbocycles. The first kappa shape index (κ1) is 12.2. The summed E-state index contributed by atoms with van der Waals surface area (Å²) in [6.07, 6.45) is 1.51. The van der Waals surface area contributed by atoms with Crippen LogP contribution in [0.1, 0.15) is 10.4 Å².